The van der Waals surface area contributed by atoms with E-state index in [1.54, 1.807) is 14.2 Å². The van der Waals surface area contributed by atoms with Crippen LogP contribution >= 0.6 is 0 Å². The first-order chi connectivity index (χ1) is 11.4. The van der Waals surface area contributed by atoms with Gasteiger partial charge < -0.3 is 14.3 Å². The van der Waals surface area contributed by atoms with Crippen molar-refractivity contribution in [2.24, 2.45) is 0 Å². The number of carbonyl (C=O) groups excluding carboxylic acids is 1. The lowest BCUT2D eigenvalue weighted by atomic mass is 9.86. The summed E-state index contributed by atoms with van der Waals surface area (Å²) in [6.45, 7) is 7.53. The summed E-state index contributed by atoms with van der Waals surface area (Å²) < 4.78 is 11.6. The molecule has 5 nitrogen and oxygen atoms in total. The van der Waals surface area contributed by atoms with Gasteiger partial charge in [-0.2, -0.15) is 5.06 Å². The summed E-state index contributed by atoms with van der Waals surface area (Å²) in [6.07, 6.45) is 1.34. The Balaban J connectivity index is 2.09. The number of hydrogen-bond acceptors (Lipinski definition) is 5. The van der Waals surface area contributed by atoms with Crippen LogP contribution in [-0.4, -0.2) is 43.9 Å². The highest BCUT2D eigenvalue weighted by atomic mass is 16.7. The maximum Gasteiger partial charge on any atom is 0.343 e. The average molecular weight is 331 g/mol. The molecule has 0 radical (unpaired) electrons. The predicted molar refractivity (Wildman–Crippen MR) is 91.2 cm³/mol. The molecule has 0 aromatic heterocycles. The van der Waals surface area contributed by atoms with Crippen molar-refractivity contribution in [3.05, 3.63) is 40.1 Å². The van der Waals surface area contributed by atoms with Crippen molar-refractivity contribution >= 4 is 11.5 Å². The Bertz CT molecular complexity index is 676. The van der Waals surface area contributed by atoms with Crippen LogP contribution in [0.3, 0.4) is 0 Å². The van der Waals surface area contributed by atoms with Crippen LogP contribution in [0.2, 0.25) is 0 Å². The number of nitrogens with zero attached hydrogens (tertiary/aromatic N) is 1. The SMILES string of the molecule is COC1=C(c2c(C)cc(C)cc2C)C(=O)OC12CCN(OC)CC2. The number of rotatable bonds is 3. The number of piperidine rings is 1. The number of ether oxygens (including phenoxy) is 2. The van der Waals surface area contributed by atoms with Gasteiger partial charge in [0.25, 0.3) is 0 Å². The highest BCUT2D eigenvalue weighted by Gasteiger charge is 2.51. The van der Waals surface area contributed by atoms with Gasteiger partial charge in [0.15, 0.2) is 11.4 Å². The first kappa shape index (κ1) is 17.0. The largest absolute Gasteiger partial charge is 0.496 e. The van der Waals surface area contributed by atoms with Crippen molar-refractivity contribution in [1.82, 2.24) is 5.06 Å². The van der Waals surface area contributed by atoms with E-state index < -0.39 is 5.60 Å². The molecule has 0 unspecified atom stereocenters. The summed E-state index contributed by atoms with van der Waals surface area (Å²) >= 11 is 0. The van der Waals surface area contributed by atoms with Crippen LogP contribution in [0.5, 0.6) is 0 Å². The molecule has 1 aromatic carbocycles. The van der Waals surface area contributed by atoms with Gasteiger partial charge in [0.1, 0.15) is 5.57 Å². The Kier molecular flexibility index (Phi) is 4.40. The van der Waals surface area contributed by atoms with E-state index in [0.717, 1.165) is 16.7 Å². The van der Waals surface area contributed by atoms with Crippen LogP contribution in [0, 0.1) is 20.8 Å². The first-order valence-electron chi connectivity index (χ1n) is 8.31. The van der Waals surface area contributed by atoms with Gasteiger partial charge in [-0.3, -0.25) is 0 Å². The molecule has 1 saturated heterocycles. The van der Waals surface area contributed by atoms with Gasteiger partial charge in [0.05, 0.1) is 14.2 Å². The minimum Gasteiger partial charge on any atom is -0.496 e. The molecule has 3 rings (SSSR count). The quantitative estimate of drug-likeness (QED) is 0.797. The van der Waals surface area contributed by atoms with Gasteiger partial charge in [0, 0.05) is 25.9 Å². The summed E-state index contributed by atoms with van der Waals surface area (Å²) in [4.78, 5) is 18.0. The maximum atomic E-state index is 12.8. The lowest BCUT2D eigenvalue weighted by Crippen LogP contribution is -2.45. The fraction of sp³-hybridized carbons (Fsp3) is 0.526. The standard InChI is InChI=1S/C19H25NO4/c1-12-10-13(2)15(14(3)11-12)16-17(22-4)19(24-18(16)21)6-8-20(23-5)9-7-19/h10-11H,6-9H2,1-5H3. The monoisotopic (exact) mass is 331 g/mol. The third-order valence-corrected chi connectivity index (χ3v) is 5.05. The molecule has 1 spiro atoms. The number of methoxy groups -OCH3 is 1. The van der Waals surface area contributed by atoms with Gasteiger partial charge in [-0.1, -0.05) is 17.7 Å². The molecule has 130 valence electrons. The molecule has 0 N–H and O–H groups in total. The fourth-order valence-corrected chi connectivity index (χ4v) is 4.03. The van der Waals surface area contributed by atoms with Crippen molar-refractivity contribution in [2.75, 3.05) is 27.3 Å². The zero-order valence-corrected chi connectivity index (χ0v) is 15.1. The van der Waals surface area contributed by atoms with E-state index in [4.69, 9.17) is 14.3 Å². The third kappa shape index (κ3) is 2.62. The van der Waals surface area contributed by atoms with Gasteiger partial charge in [0.2, 0.25) is 0 Å². The van der Waals surface area contributed by atoms with Crippen LogP contribution in [-0.2, 0) is 19.1 Å². The van der Waals surface area contributed by atoms with E-state index in [1.165, 1.54) is 5.56 Å². The minimum atomic E-state index is -0.667. The molecule has 0 aliphatic carbocycles. The Morgan fingerprint density at radius 1 is 1.08 bits per heavy atom. The maximum absolute atomic E-state index is 12.8. The van der Waals surface area contributed by atoms with Crippen LogP contribution < -0.4 is 0 Å². The predicted octanol–water partition coefficient (Wildman–Crippen LogP) is 2.92. The van der Waals surface area contributed by atoms with E-state index >= 15 is 0 Å². The van der Waals surface area contributed by atoms with Gasteiger partial charge in [-0.15, -0.1) is 0 Å². The Morgan fingerprint density at radius 3 is 2.17 bits per heavy atom. The lowest BCUT2D eigenvalue weighted by molar-refractivity contribution is -0.183. The van der Waals surface area contributed by atoms with Gasteiger partial charge >= 0.3 is 5.97 Å². The molecular formula is C19H25NO4. The van der Waals surface area contributed by atoms with Crippen molar-refractivity contribution in [3.63, 3.8) is 0 Å². The smallest absolute Gasteiger partial charge is 0.343 e. The second-order valence-corrected chi connectivity index (χ2v) is 6.68. The Morgan fingerprint density at radius 2 is 1.67 bits per heavy atom. The minimum absolute atomic E-state index is 0.284. The van der Waals surface area contributed by atoms with Crippen molar-refractivity contribution in [1.29, 1.82) is 0 Å². The summed E-state index contributed by atoms with van der Waals surface area (Å²) in [5.41, 5.74) is 4.18. The van der Waals surface area contributed by atoms with Crippen molar-refractivity contribution < 1.29 is 19.1 Å². The highest BCUT2D eigenvalue weighted by Crippen LogP contribution is 2.45. The molecular weight excluding hydrogens is 306 g/mol. The normalized spacial score (nSPS) is 20.6. The molecule has 0 atom stereocenters. The van der Waals surface area contributed by atoms with Crippen LogP contribution in [0.1, 0.15) is 35.1 Å². The summed E-state index contributed by atoms with van der Waals surface area (Å²) in [5.74, 6) is 0.381. The number of aryl methyl sites for hydroxylation is 3. The molecule has 2 heterocycles. The summed E-state index contributed by atoms with van der Waals surface area (Å²) in [7, 11) is 3.29. The molecule has 1 fully saturated rings. The molecule has 5 heteroatoms. The van der Waals surface area contributed by atoms with Crippen molar-refractivity contribution in [2.45, 2.75) is 39.2 Å². The van der Waals surface area contributed by atoms with E-state index in [9.17, 15) is 4.79 Å². The lowest BCUT2D eigenvalue weighted by Gasteiger charge is -2.37. The Hall–Kier alpha value is -1.85. The van der Waals surface area contributed by atoms with Crippen molar-refractivity contribution in [3.8, 4) is 0 Å². The van der Waals surface area contributed by atoms with E-state index in [2.05, 4.69) is 19.1 Å². The second kappa shape index (κ2) is 6.22. The molecule has 0 saturated carbocycles. The van der Waals surface area contributed by atoms with E-state index in [0.29, 0.717) is 37.3 Å². The number of esters is 1. The van der Waals surface area contributed by atoms with Gasteiger partial charge in [-0.05, 0) is 37.5 Å². The van der Waals surface area contributed by atoms with Gasteiger partial charge in [-0.25, -0.2) is 4.79 Å². The first-order valence-corrected chi connectivity index (χ1v) is 8.31. The topological polar surface area (TPSA) is 48.0 Å². The summed E-state index contributed by atoms with van der Waals surface area (Å²) in [5, 5.41) is 1.88. The Labute approximate surface area is 143 Å². The third-order valence-electron chi connectivity index (χ3n) is 5.05. The van der Waals surface area contributed by atoms with E-state index in [-0.39, 0.29) is 5.97 Å². The summed E-state index contributed by atoms with van der Waals surface area (Å²) in [6, 6.07) is 4.18. The van der Waals surface area contributed by atoms with Crippen LogP contribution in [0.4, 0.5) is 0 Å². The van der Waals surface area contributed by atoms with Crippen LogP contribution in [0.15, 0.2) is 17.9 Å². The molecule has 0 amide bonds. The molecule has 2 aliphatic heterocycles. The zero-order valence-electron chi connectivity index (χ0n) is 15.1. The number of hydroxylamine groups is 2. The molecule has 0 bridgehead atoms. The fourth-order valence-electron chi connectivity index (χ4n) is 4.03. The number of carbonyl (C=O) groups is 1. The average Bonchev–Trinajstić information content (AvgIpc) is 2.79. The molecule has 24 heavy (non-hydrogen) atoms. The number of hydrogen-bond donors (Lipinski definition) is 0. The zero-order chi connectivity index (χ0) is 17.5. The number of benzene rings is 1. The second-order valence-electron chi connectivity index (χ2n) is 6.68. The van der Waals surface area contributed by atoms with E-state index in [1.807, 2.05) is 18.9 Å². The van der Waals surface area contributed by atoms with Crippen LogP contribution in [0.25, 0.3) is 5.57 Å². The molecule has 2 aliphatic rings. The molecule has 1 aromatic rings. The highest BCUT2D eigenvalue weighted by molar-refractivity contribution is 6.20.